The van der Waals surface area contributed by atoms with Gasteiger partial charge in [0.25, 0.3) is 0 Å². The van der Waals surface area contributed by atoms with Crippen molar-refractivity contribution in [3.05, 3.63) is 68.3 Å². The summed E-state index contributed by atoms with van der Waals surface area (Å²) in [4.78, 5) is 14.9. The normalized spacial score (nSPS) is 15.5. The summed E-state index contributed by atoms with van der Waals surface area (Å²) in [5, 5.41) is 1.55. The smallest absolute Gasteiger partial charge is 0.193 e. The molecule has 26 heavy (non-hydrogen) atoms. The molecule has 4 nitrogen and oxygen atoms in total. The SMILES string of the molecule is O=c1cc(-c2ccccc2Cl)oc2c(CN3CCOCC3)cc(Cl)cc12. The van der Waals surface area contributed by atoms with Crippen molar-refractivity contribution in [3.8, 4) is 11.3 Å². The summed E-state index contributed by atoms with van der Waals surface area (Å²) in [6.45, 7) is 3.72. The molecular weight excluding hydrogens is 373 g/mol. The van der Waals surface area contributed by atoms with E-state index in [0.717, 1.165) is 18.7 Å². The maximum Gasteiger partial charge on any atom is 0.193 e. The van der Waals surface area contributed by atoms with E-state index in [1.54, 1.807) is 12.1 Å². The topological polar surface area (TPSA) is 42.7 Å². The minimum Gasteiger partial charge on any atom is -0.455 e. The van der Waals surface area contributed by atoms with Crippen molar-refractivity contribution in [2.45, 2.75) is 6.54 Å². The fourth-order valence-corrected chi connectivity index (χ4v) is 3.67. The van der Waals surface area contributed by atoms with Gasteiger partial charge in [0.15, 0.2) is 5.43 Å². The lowest BCUT2D eigenvalue weighted by Gasteiger charge is -2.26. The third kappa shape index (κ3) is 3.51. The van der Waals surface area contributed by atoms with Gasteiger partial charge < -0.3 is 9.15 Å². The second kappa shape index (κ2) is 7.41. The number of benzene rings is 2. The van der Waals surface area contributed by atoms with E-state index in [4.69, 9.17) is 32.4 Å². The number of ether oxygens (including phenoxy) is 1. The summed E-state index contributed by atoms with van der Waals surface area (Å²) in [5.41, 5.74) is 2.01. The van der Waals surface area contributed by atoms with Crippen molar-refractivity contribution >= 4 is 34.2 Å². The van der Waals surface area contributed by atoms with Gasteiger partial charge in [-0.1, -0.05) is 35.3 Å². The minimum atomic E-state index is -0.133. The second-order valence-electron chi connectivity index (χ2n) is 6.28. The largest absolute Gasteiger partial charge is 0.455 e. The van der Waals surface area contributed by atoms with Crippen LogP contribution in [-0.2, 0) is 11.3 Å². The van der Waals surface area contributed by atoms with E-state index < -0.39 is 0 Å². The van der Waals surface area contributed by atoms with Gasteiger partial charge in [-0.15, -0.1) is 0 Å². The fourth-order valence-electron chi connectivity index (χ4n) is 3.20. The van der Waals surface area contributed by atoms with Crippen LogP contribution in [0.2, 0.25) is 10.0 Å². The first-order chi connectivity index (χ1) is 12.6. The highest BCUT2D eigenvalue weighted by molar-refractivity contribution is 6.33. The lowest BCUT2D eigenvalue weighted by Crippen LogP contribution is -2.35. The van der Waals surface area contributed by atoms with Crippen LogP contribution in [0.3, 0.4) is 0 Å². The Bertz CT molecular complexity index is 1010. The maximum absolute atomic E-state index is 12.7. The number of hydrogen-bond donors (Lipinski definition) is 0. The first-order valence-electron chi connectivity index (χ1n) is 8.43. The summed E-state index contributed by atoms with van der Waals surface area (Å²) in [6, 6.07) is 12.3. The summed E-state index contributed by atoms with van der Waals surface area (Å²) >= 11 is 12.5. The highest BCUT2D eigenvalue weighted by atomic mass is 35.5. The monoisotopic (exact) mass is 389 g/mol. The van der Waals surface area contributed by atoms with Crippen molar-refractivity contribution in [2.24, 2.45) is 0 Å². The number of rotatable bonds is 3. The van der Waals surface area contributed by atoms with Crippen molar-refractivity contribution in [1.29, 1.82) is 0 Å². The van der Waals surface area contributed by atoms with Crippen LogP contribution in [0.4, 0.5) is 0 Å². The van der Waals surface area contributed by atoms with Crippen molar-refractivity contribution in [1.82, 2.24) is 4.90 Å². The van der Waals surface area contributed by atoms with Crippen LogP contribution in [0.15, 0.2) is 51.7 Å². The highest BCUT2D eigenvalue weighted by Gasteiger charge is 2.17. The molecule has 3 aromatic rings. The maximum atomic E-state index is 12.7. The number of fused-ring (bicyclic) bond motifs is 1. The van der Waals surface area contributed by atoms with Crippen LogP contribution in [0.1, 0.15) is 5.56 Å². The molecule has 2 aromatic carbocycles. The van der Waals surface area contributed by atoms with Crippen molar-refractivity contribution in [2.75, 3.05) is 26.3 Å². The molecule has 4 rings (SSSR count). The average Bonchev–Trinajstić information content (AvgIpc) is 2.64. The van der Waals surface area contributed by atoms with Crippen LogP contribution in [0.25, 0.3) is 22.3 Å². The Morgan fingerprint density at radius 1 is 1.04 bits per heavy atom. The molecule has 1 fully saturated rings. The Morgan fingerprint density at radius 3 is 2.58 bits per heavy atom. The molecule has 0 saturated carbocycles. The molecular formula is C20H17Cl2NO3. The van der Waals surface area contributed by atoms with Crippen LogP contribution < -0.4 is 5.43 Å². The second-order valence-corrected chi connectivity index (χ2v) is 7.13. The quantitative estimate of drug-likeness (QED) is 0.656. The summed E-state index contributed by atoms with van der Waals surface area (Å²) in [5.74, 6) is 0.457. The van der Waals surface area contributed by atoms with E-state index in [2.05, 4.69) is 4.90 Å². The molecule has 0 unspecified atom stereocenters. The van der Waals surface area contributed by atoms with Gasteiger partial charge in [-0.2, -0.15) is 0 Å². The molecule has 2 heterocycles. The Kier molecular flexibility index (Phi) is 5.00. The molecule has 1 aliphatic heterocycles. The van der Waals surface area contributed by atoms with Gasteiger partial charge >= 0.3 is 0 Å². The standard InChI is InChI=1S/C20H17Cl2NO3/c21-14-9-13(12-23-5-7-25-8-6-23)20-16(10-14)18(24)11-19(26-20)15-3-1-2-4-17(15)22/h1-4,9-11H,5-8,12H2. The Hall–Kier alpha value is -1.85. The number of halogens is 2. The predicted molar refractivity (Wildman–Crippen MR) is 104 cm³/mol. The fraction of sp³-hybridized carbons (Fsp3) is 0.250. The molecule has 1 saturated heterocycles. The molecule has 0 spiro atoms. The zero-order valence-corrected chi connectivity index (χ0v) is 15.5. The summed E-state index contributed by atoms with van der Waals surface area (Å²) < 4.78 is 11.5. The number of nitrogens with zero attached hydrogens (tertiary/aromatic N) is 1. The van der Waals surface area contributed by atoms with E-state index in [0.29, 0.717) is 52.1 Å². The highest BCUT2D eigenvalue weighted by Crippen LogP contribution is 2.31. The van der Waals surface area contributed by atoms with Gasteiger partial charge in [-0.25, -0.2) is 0 Å². The van der Waals surface area contributed by atoms with Crippen molar-refractivity contribution in [3.63, 3.8) is 0 Å². The van der Waals surface area contributed by atoms with Gasteiger partial charge in [-0.05, 0) is 24.3 Å². The third-order valence-electron chi connectivity index (χ3n) is 4.51. The van der Waals surface area contributed by atoms with Crippen LogP contribution in [0.5, 0.6) is 0 Å². The molecule has 0 aliphatic carbocycles. The van der Waals surface area contributed by atoms with E-state index in [1.807, 2.05) is 24.3 Å². The first-order valence-corrected chi connectivity index (χ1v) is 9.19. The molecule has 0 radical (unpaired) electrons. The zero-order valence-electron chi connectivity index (χ0n) is 14.0. The molecule has 1 aromatic heterocycles. The molecule has 0 N–H and O–H groups in total. The third-order valence-corrected chi connectivity index (χ3v) is 5.06. The lowest BCUT2D eigenvalue weighted by molar-refractivity contribution is 0.0342. The van der Waals surface area contributed by atoms with Gasteiger partial charge in [0.1, 0.15) is 11.3 Å². The van der Waals surface area contributed by atoms with Gasteiger partial charge in [0, 0.05) is 41.9 Å². The Labute approximate surface area is 160 Å². The lowest BCUT2D eigenvalue weighted by atomic mass is 10.1. The Morgan fingerprint density at radius 2 is 1.81 bits per heavy atom. The van der Waals surface area contributed by atoms with Crippen molar-refractivity contribution < 1.29 is 9.15 Å². The van der Waals surface area contributed by atoms with E-state index in [9.17, 15) is 4.79 Å². The molecule has 6 heteroatoms. The van der Waals surface area contributed by atoms with Crippen LogP contribution in [-0.4, -0.2) is 31.2 Å². The molecule has 0 amide bonds. The van der Waals surface area contributed by atoms with E-state index >= 15 is 0 Å². The molecule has 1 aliphatic rings. The van der Waals surface area contributed by atoms with E-state index in [1.165, 1.54) is 6.07 Å². The van der Waals surface area contributed by atoms with Gasteiger partial charge in [-0.3, -0.25) is 9.69 Å². The van der Waals surface area contributed by atoms with Gasteiger partial charge in [0.2, 0.25) is 0 Å². The van der Waals surface area contributed by atoms with Crippen LogP contribution in [0, 0.1) is 0 Å². The predicted octanol–water partition coefficient (Wildman–Crippen LogP) is 4.60. The molecule has 134 valence electrons. The summed E-state index contributed by atoms with van der Waals surface area (Å²) in [6.07, 6.45) is 0. The Balaban J connectivity index is 1.85. The summed E-state index contributed by atoms with van der Waals surface area (Å²) in [7, 11) is 0. The van der Waals surface area contributed by atoms with E-state index in [-0.39, 0.29) is 5.43 Å². The number of hydrogen-bond acceptors (Lipinski definition) is 4. The van der Waals surface area contributed by atoms with Gasteiger partial charge in [0.05, 0.1) is 23.6 Å². The first kappa shape index (κ1) is 17.6. The minimum absolute atomic E-state index is 0.133. The average molecular weight is 390 g/mol. The number of morpholine rings is 1. The molecule has 0 bridgehead atoms. The van der Waals surface area contributed by atoms with Crippen LogP contribution >= 0.6 is 23.2 Å². The zero-order chi connectivity index (χ0) is 18.1. The molecule has 0 atom stereocenters.